The van der Waals surface area contributed by atoms with Crippen LogP contribution in [-0.4, -0.2) is 55.5 Å². The second-order valence-electron chi connectivity index (χ2n) is 5.12. The van der Waals surface area contributed by atoms with Crippen LogP contribution >= 0.6 is 11.3 Å². The summed E-state index contributed by atoms with van der Waals surface area (Å²) in [5.74, 6) is -0.317. The lowest BCUT2D eigenvalue weighted by molar-refractivity contribution is -0.118. The molecule has 0 saturated carbocycles. The molecule has 0 aliphatic rings. The van der Waals surface area contributed by atoms with Gasteiger partial charge in [0.05, 0.1) is 18.5 Å². The van der Waals surface area contributed by atoms with E-state index in [0.717, 1.165) is 21.1 Å². The maximum atomic E-state index is 12.3. The lowest BCUT2D eigenvalue weighted by Crippen LogP contribution is -2.38. The zero-order valence-corrected chi connectivity index (χ0v) is 15.0. The second kappa shape index (κ2) is 6.73. The van der Waals surface area contributed by atoms with Crippen LogP contribution in [0.1, 0.15) is 5.69 Å². The van der Waals surface area contributed by atoms with Crippen molar-refractivity contribution < 1.29 is 13.2 Å². The van der Waals surface area contributed by atoms with Crippen molar-refractivity contribution in [1.29, 1.82) is 0 Å². The van der Waals surface area contributed by atoms with E-state index in [1.807, 2.05) is 19.1 Å². The number of likely N-dealkylation sites (N-methyl/N-ethyl adjacent to an activating group) is 2. The molecule has 0 atom stereocenters. The summed E-state index contributed by atoms with van der Waals surface area (Å²) in [6, 6.07) is 3.72. The summed E-state index contributed by atoms with van der Waals surface area (Å²) >= 11 is 1.37. The molecule has 0 fully saturated rings. The number of hydrogen-bond acceptors (Lipinski definition) is 6. The monoisotopic (exact) mass is 354 g/mol. The van der Waals surface area contributed by atoms with Crippen LogP contribution in [0.25, 0.3) is 10.6 Å². The number of pyridine rings is 1. The highest BCUT2D eigenvalue weighted by Crippen LogP contribution is 2.33. The molecule has 7 nitrogen and oxygen atoms in total. The van der Waals surface area contributed by atoms with Crippen molar-refractivity contribution in [3.8, 4) is 10.6 Å². The van der Waals surface area contributed by atoms with Gasteiger partial charge < -0.3 is 4.90 Å². The number of hydrogen-bond donors (Lipinski definition) is 0. The minimum absolute atomic E-state index is 0.213. The number of rotatable bonds is 5. The van der Waals surface area contributed by atoms with Crippen molar-refractivity contribution in [3.05, 3.63) is 30.2 Å². The highest BCUT2D eigenvalue weighted by Gasteiger charge is 2.22. The van der Waals surface area contributed by atoms with Crippen molar-refractivity contribution in [3.63, 3.8) is 0 Å². The van der Waals surface area contributed by atoms with Crippen molar-refractivity contribution in [1.82, 2.24) is 14.3 Å². The Balaban J connectivity index is 2.22. The van der Waals surface area contributed by atoms with E-state index >= 15 is 0 Å². The summed E-state index contributed by atoms with van der Waals surface area (Å²) in [4.78, 5) is 22.2. The Morgan fingerprint density at radius 2 is 2.04 bits per heavy atom. The molecule has 2 aromatic heterocycles. The van der Waals surface area contributed by atoms with Gasteiger partial charge in [-0.15, -0.1) is 0 Å². The number of carbonyl (C=O) groups excluding carboxylic acids is 1. The Hall–Kier alpha value is -1.84. The molecule has 0 radical (unpaired) electrons. The van der Waals surface area contributed by atoms with Crippen LogP contribution in [0, 0.1) is 6.92 Å². The lowest BCUT2D eigenvalue weighted by atomic mass is 10.3. The number of anilines is 1. The maximum Gasteiger partial charge on any atom is 0.242 e. The average molecular weight is 354 g/mol. The lowest BCUT2D eigenvalue weighted by Gasteiger charge is -2.19. The highest BCUT2D eigenvalue weighted by atomic mass is 32.2. The molecule has 0 aromatic carbocycles. The third-order valence-electron chi connectivity index (χ3n) is 3.28. The van der Waals surface area contributed by atoms with E-state index in [-0.39, 0.29) is 12.5 Å². The fourth-order valence-electron chi connectivity index (χ4n) is 1.84. The van der Waals surface area contributed by atoms with Gasteiger partial charge in [0.15, 0.2) is 0 Å². The van der Waals surface area contributed by atoms with Gasteiger partial charge in [-0.2, -0.15) is 4.31 Å². The Kier molecular flexibility index (Phi) is 5.12. The molecule has 0 bridgehead atoms. The smallest absolute Gasteiger partial charge is 0.242 e. The zero-order valence-electron chi connectivity index (χ0n) is 13.3. The molecule has 2 rings (SSSR count). The van der Waals surface area contributed by atoms with Crippen LogP contribution in [-0.2, 0) is 14.8 Å². The predicted molar refractivity (Wildman–Crippen MR) is 91.0 cm³/mol. The first kappa shape index (κ1) is 17.5. The topological polar surface area (TPSA) is 83.5 Å². The first-order valence-electron chi connectivity index (χ1n) is 6.76. The number of nitrogens with zero attached hydrogens (tertiary/aromatic N) is 4. The van der Waals surface area contributed by atoms with Gasteiger partial charge in [0.1, 0.15) is 10.0 Å². The summed E-state index contributed by atoms with van der Waals surface area (Å²) in [5, 5.41) is 1.46. The zero-order chi connectivity index (χ0) is 17.2. The molecular weight excluding hydrogens is 336 g/mol. The van der Waals surface area contributed by atoms with Gasteiger partial charge in [-0.25, -0.2) is 13.4 Å². The molecule has 0 spiro atoms. The van der Waals surface area contributed by atoms with E-state index in [1.54, 1.807) is 19.4 Å². The van der Waals surface area contributed by atoms with E-state index in [4.69, 9.17) is 0 Å². The first-order valence-corrected chi connectivity index (χ1v) is 9.42. The second-order valence-corrected chi connectivity index (χ2v) is 8.19. The van der Waals surface area contributed by atoms with Crippen LogP contribution in [0.4, 0.5) is 5.00 Å². The van der Waals surface area contributed by atoms with Crippen LogP contribution in [0.2, 0.25) is 0 Å². The quantitative estimate of drug-likeness (QED) is 0.810. The van der Waals surface area contributed by atoms with Crippen molar-refractivity contribution in [2.45, 2.75) is 6.92 Å². The van der Waals surface area contributed by atoms with Crippen molar-refractivity contribution in [2.24, 2.45) is 0 Å². The van der Waals surface area contributed by atoms with Crippen LogP contribution in [0.5, 0.6) is 0 Å². The van der Waals surface area contributed by atoms with E-state index in [1.165, 1.54) is 23.3 Å². The molecule has 124 valence electrons. The van der Waals surface area contributed by atoms with Gasteiger partial charge in [-0.1, -0.05) is 11.3 Å². The molecule has 1 amide bonds. The maximum absolute atomic E-state index is 12.3. The molecule has 0 aliphatic carbocycles. The first-order chi connectivity index (χ1) is 10.7. The third kappa shape index (κ3) is 4.12. The number of sulfonamides is 1. The van der Waals surface area contributed by atoms with E-state index in [9.17, 15) is 13.2 Å². The Bertz CT molecular complexity index is 803. The third-order valence-corrected chi connectivity index (χ3v) is 5.83. The minimum Gasteiger partial charge on any atom is -0.304 e. The SMILES string of the molecule is Cc1nc(-c2cccnc2)sc1N(C)C(=O)CN(C)S(C)(=O)=O. The Morgan fingerprint density at radius 1 is 1.35 bits per heavy atom. The summed E-state index contributed by atoms with van der Waals surface area (Å²) < 4.78 is 23.9. The van der Waals surface area contributed by atoms with Crippen LogP contribution < -0.4 is 4.90 Å². The average Bonchev–Trinajstić information content (AvgIpc) is 2.88. The van der Waals surface area contributed by atoms with Gasteiger partial charge in [0.2, 0.25) is 15.9 Å². The number of thiazole rings is 1. The number of aromatic nitrogens is 2. The van der Waals surface area contributed by atoms with Crippen molar-refractivity contribution >= 4 is 32.3 Å². The van der Waals surface area contributed by atoms with Crippen molar-refractivity contribution in [2.75, 3.05) is 31.8 Å². The van der Waals surface area contributed by atoms with Crippen LogP contribution in [0.3, 0.4) is 0 Å². The van der Waals surface area contributed by atoms with Gasteiger partial charge in [-0.3, -0.25) is 9.78 Å². The predicted octanol–water partition coefficient (Wildman–Crippen LogP) is 1.37. The molecule has 2 aromatic rings. The summed E-state index contributed by atoms with van der Waals surface area (Å²) in [5.41, 5.74) is 1.59. The van der Waals surface area contributed by atoms with E-state index < -0.39 is 10.0 Å². The number of amides is 1. The molecular formula is C14H18N4O3S2. The van der Waals surface area contributed by atoms with E-state index in [2.05, 4.69) is 9.97 Å². The Labute approximate surface area is 139 Å². The normalized spacial score (nSPS) is 11.7. The number of carbonyl (C=O) groups is 1. The van der Waals surface area contributed by atoms with Gasteiger partial charge in [0.25, 0.3) is 0 Å². The molecule has 23 heavy (non-hydrogen) atoms. The largest absolute Gasteiger partial charge is 0.304 e. The molecule has 0 saturated heterocycles. The minimum atomic E-state index is -3.40. The molecule has 0 unspecified atom stereocenters. The summed E-state index contributed by atoms with van der Waals surface area (Å²) in [7, 11) is -0.402. The van der Waals surface area contributed by atoms with Crippen LogP contribution in [0.15, 0.2) is 24.5 Å². The highest BCUT2D eigenvalue weighted by molar-refractivity contribution is 7.88. The molecule has 0 aliphatic heterocycles. The standard InChI is InChI=1S/C14H18N4O3S2/c1-10-14(18(3)12(19)9-17(2)23(4,20)21)22-13(16-10)11-6-5-7-15-8-11/h5-8H,9H2,1-4H3. The fourth-order valence-corrected chi connectivity index (χ4v) is 3.22. The fraction of sp³-hybridized carbons (Fsp3) is 0.357. The Morgan fingerprint density at radius 3 is 2.61 bits per heavy atom. The van der Waals surface area contributed by atoms with Gasteiger partial charge in [0, 0.05) is 32.1 Å². The molecule has 0 N–H and O–H groups in total. The van der Waals surface area contributed by atoms with Gasteiger partial charge in [-0.05, 0) is 19.1 Å². The number of aryl methyl sites for hydroxylation is 1. The summed E-state index contributed by atoms with van der Waals surface area (Å²) in [6.45, 7) is 1.60. The summed E-state index contributed by atoms with van der Waals surface area (Å²) in [6.07, 6.45) is 4.46. The van der Waals surface area contributed by atoms with Gasteiger partial charge >= 0.3 is 0 Å². The molecule has 9 heteroatoms. The van der Waals surface area contributed by atoms with E-state index in [0.29, 0.717) is 10.7 Å². The molecule has 2 heterocycles.